The summed E-state index contributed by atoms with van der Waals surface area (Å²) in [4.78, 5) is 6.35. The van der Waals surface area contributed by atoms with Crippen molar-refractivity contribution in [2.24, 2.45) is 0 Å². The molecule has 0 bridgehead atoms. The first-order valence-corrected chi connectivity index (χ1v) is 7.08. The first kappa shape index (κ1) is 14.9. The Bertz CT molecular complexity index is 599. The van der Waals surface area contributed by atoms with Gasteiger partial charge in [-0.05, 0) is 36.8 Å². The molecule has 0 aliphatic heterocycles. The molecule has 1 N–H and O–H groups in total. The van der Waals surface area contributed by atoms with Crippen LogP contribution in [0, 0.1) is 0 Å². The van der Waals surface area contributed by atoms with Crippen LogP contribution < -0.4 is 10.2 Å². The highest BCUT2D eigenvalue weighted by Gasteiger charge is 2.11. The van der Waals surface area contributed by atoms with Crippen LogP contribution in [0.1, 0.15) is 18.5 Å². The number of pyridine rings is 1. The number of halogens is 2. The quantitative estimate of drug-likeness (QED) is 0.892. The maximum Gasteiger partial charge on any atom is 0.151 e. The van der Waals surface area contributed by atoms with Crippen molar-refractivity contribution in [1.29, 1.82) is 0 Å². The van der Waals surface area contributed by atoms with Gasteiger partial charge in [0, 0.05) is 26.3 Å². The Morgan fingerprint density at radius 1 is 1.15 bits per heavy atom. The van der Waals surface area contributed by atoms with Crippen molar-refractivity contribution in [3.63, 3.8) is 0 Å². The zero-order valence-electron chi connectivity index (χ0n) is 11.7. The molecule has 1 atom stereocenters. The summed E-state index contributed by atoms with van der Waals surface area (Å²) >= 11 is 12.0. The van der Waals surface area contributed by atoms with Crippen LogP contribution in [-0.2, 0) is 0 Å². The zero-order valence-corrected chi connectivity index (χ0v) is 13.2. The molecule has 0 saturated carbocycles. The smallest absolute Gasteiger partial charge is 0.151 e. The summed E-state index contributed by atoms with van der Waals surface area (Å²) in [6, 6.07) is 9.69. The predicted molar refractivity (Wildman–Crippen MR) is 87.1 cm³/mol. The van der Waals surface area contributed by atoms with E-state index in [4.69, 9.17) is 23.2 Å². The van der Waals surface area contributed by atoms with Gasteiger partial charge in [-0.1, -0.05) is 29.3 Å². The molecule has 1 aromatic carbocycles. The van der Waals surface area contributed by atoms with E-state index in [1.54, 1.807) is 6.20 Å². The topological polar surface area (TPSA) is 28.2 Å². The molecule has 2 rings (SSSR count). The minimum absolute atomic E-state index is 0.104. The fourth-order valence-electron chi connectivity index (χ4n) is 1.96. The second kappa shape index (κ2) is 6.33. The van der Waals surface area contributed by atoms with Crippen molar-refractivity contribution < 1.29 is 0 Å². The Morgan fingerprint density at radius 2 is 1.90 bits per heavy atom. The van der Waals surface area contributed by atoms with Gasteiger partial charge in [0.05, 0.1) is 15.7 Å². The highest BCUT2D eigenvalue weighted by Crippen LogP contribution is 2.29. The van der Waals surface area contributed by atoms with E-state index in [-0.39, 0.29) is 6.04 Å². The van der Waals surface area contributed by atoms with Crippen molar-refractivity contribution in [2.75, 3.05) is 24.3 Å². The van der Waals surface area contributed by atoms with Gasteiger partial charge < -0.3 is 10.2 Å². The normalized spacial score (nSPS) is 12.1. The molecule has 1 aromatic heterocycles. The van der Waals surface area contributed by atoms with E-state index in [1.165, 1.54) is 0 Å². The zero-order chi connectivity index (χ0) is 14.7. The highest BCUT2D eigenvalue weighted by atomic mass is 35.5. The molecule has 3 nitrogen and oxygen atoms in total. The van der Waals surface area contributed by atoms with E-state index in [0.717, 1.165) is 17.1 Å². The number of hydrogen-bond donors (Lipinski definition) is 1. The summed E-state index contributed by atoms with van der Waals surface area (Å²) in [5, 5.41) is 4.58. The van der Waals surface area contributed by atoms with Gasteiger partial charge in [-0.2, -0.15) is 0 Å². The van der Waals surface area contributed by atoms with Crippen LogP contribution in [0.5, 0.6) is 0 Å². The molecule has 2 aromatic rings. The minimum atomic E-state index is 0.104. The third-order valence-electron chi connectivity index (χ3n) is 3.03. The molecule has 0 aliphatic carbocycles. The fourth-order valence-corrected chi connectivity index (χ4v) is 2.27. The number of anilines is 2. The van der Waals surface area contributed by atoms with Crippen LogP contribution in [0.25, 0.3) is 0 Å². The van der Waals surface area contributed by atoms with Crippen LogP contribution >= 0.6 is 23.2 Å². The molecule has 0 amide bonds. The molecule has 0 radical (unpaired) electrons. The van der Waals surface area contributed by atoms with Crippen LogP contribution in [0.4, 0.5) is 11.5 Å². The van der Waals surface area contributed by atoms with E-state index < -0.39 is 0 Å². The molecular formula is C15H17Cl2N3. The summed E-state index contributed by atoms with van der Waals surface area (Å²) in [6.45, 7) is 2.08. The van der Waals surface area contributed by atoms with E-state index in [2.05, 4.69) is 17.2 Å². The number of hydrogen-bond acceptors (Lipinski definition) is 3. The number of nitrogens with one attached hydrogen (secondary N) is 1. The lowest BCUT2D eigenvalue weighted by atomic mass is 10.1. The molecule has 1 heterocycles. The van der Waals surface area contributed by atoms with Gasteiger partial charge >= 0.3 is 0 Å². The summed E-state index contributed by atoms with van der Waals surface area (Å²) in [5.41, 5.74) is 2.06. The molecule has 5 heteroatoms. The van der Waals surface area contributed by atoms with Crippen molar-refractivity contribution >= 4 is 34.7 Å². The molecule has 20 heavy (non-hydrogen) atoms. The second-order valence-electron chi connectivity index (χ2n) is 4.81. The Kier molecular flexibility index (Phi) is 4.73. The third-order valence-corrected chi connectivity index (χ3v) is 3.76. The SMILES string of the molecule is CC(Nc1cccnc1N(C)C)c1ccc(Cl)c(Cl)c1. The molecule has 106 valence electrons. The van der Waals surface area contributed by atoms with Crippen molar-refractivity contribution in [1.82, 2.24) is 4.98 Å². The maximum absolute atomic E-state index is 6.06. The number of rotatable bonds is 4. The van der Waals surface area contributed by atoms with E-state index in [1.807, 2.05) is 49.3 Å². The van der Waals surface area contributed by atoms with Gasteiger partial charge in [-0.25, -0.2) is 4.98 Å². The van der Waals surface area contributed by atoms with Crippen LogP contribution in [-0.4, -0.2) is 19.1 Å². The first-order valence-electron chi connectivity index (χ1n) is 6.33. The number of benzene rings is 1. The predicted octanol–water partition coefficient (Wildman–Crippen LogP) is 4.63. The van der Waals surface area contributed by atoms with Gasteiger partial charge in [-0.3, -0.25) is 0 Å². The summed E-state index contributed by atoms with van der Waals surface area (Å²) < 4.78 is 0. The Morgan fingerprint density at radius 3 is 2.55 bits per heavy atom. The van der Waals surface area contributed by atoms with Crippen molar-refractivity contribution in [3.8, 4) is 0 Å². The Labute approximate surface area is 129 Å². The molecule has 0 fully saturated rings. The molecule has 1 unspecified atom stereocenters. The average Bonchev–Trinajstić information content (AvgIpc) is 2.42. The van der Waals surface area contributed by atoms with Crippen molar-refractivity contribution in [2.45, 2.75) is 13.0 Å². The number of nitrogens with zero attached hydrogens (tertiary/aromatic N) is 2. The number of aromatic nitrogens is 1. The van der Waals surface area contributed by atoms with Gasteiger partial charge in [0.2, 0.25) is 0 Å². The Hall–Kier alpha value is -1.45. The summed E-state index contributed by atoms with van der Waals surface area (Å²) in [7, 11) is 3.94. The van der Waals surface area contributed by atoms with Gasteiger partial charge in [0.15, 0.2) is 5.82 Å². The van der Waals surface area contributed by atoms with Crippen LogP contribution in [0.3, 0.4) is 0 Å². The molecule has 0 aliphatic rings. The van der Waals surface area contributed by atoms with Crippen LogP contribution in [0.2, 0.25) is 10.0 Å². The molecule has 0 spiro atoms. The Balaban J connectivity index is 2.23. The minimum Gasteiger partial charge on any atom is -0.376 e. The van der Waals surface area contributed by atoms with Gasteiger partial charge in [0.25, 0.3) is 0 Å². The average molecular weight is 310 g/mol. The van der Waals surface area contributed by atoms with Gasteiger partial charge in [-0.15, -0.1) is 0 Å². The maximum atomic E-state index is 6.06. The van der Waals surface area contributed by atoms with Gasteiger partial charge in [0.1, 0.15) is 0 Å². The van der Waals surface area contributed by atoms with E-state index in [9.17, 15) is 0 Å². The molecule has 0 saturated heterocycles. The lowest BCUT2D eigenvalue weighted by Crippen LogP contribution is -2.15. The first-order chi connectivity index (χ1) is 9.49. The lowest BCUT2D eigenvalue weighted by Gasteiger charge is -2.21. The summed E-state index contributed by atoms with van der Waals surface area (Å²) in [5.74, 6) is 0.902. The lowest BCUT2D eigenvalue weighted by molar-refractivity contribution is 0.880. The largest absolute Gasteiger partial charge is 0.376 e. The van der Waals surface area contributed by atoms with Crippen LogP contribution in [0.15, 0.2) is 36.5 Å². The fraction of sp³-hybridized carbons (Fsp3) is 0.267. The summed E-state index contributed by atoms with van der Waals surface area (Å²) in [6.07, 6.45) is 1.78. The van der Waals surface area contributed by atoms with E-state index in [0.29, 0.717) is 10.0 Å². The van der Waals surface area contributed by atoms with E-state index >= 15 is 0 Å². The van der Waals surface area contributed by atoms with Crippen molar-refractivity contribution in [3.05, 3.63) is 52.1 Å². The molecular weight excluding hydrogens is 293 g/mol. The highest BCUT2D eigenvalue weighted by molar-refractivity contribution is 6.42. The monoisotopic (exact) mass is 309 g/mol. The third kappa shape index (κ3) is 3.35. The standard InChI is InChI=1S/C15H17Cl2N3/c1-10(11-6-7-12(16)13(17)9-11)19-14-5-4-8-18-15(14)20(2)3/h4-10,19H,1-3H3. The second-order valence-corrected chi connectivity index (χ2v) is 5.62.